The van der Waals surface area contributed by atoms with Crippen molar-refractivity contribution in [3.63, 3.8) is 0 Å². The van der Waals surface area contributed by atoms with Crippen molar-refractivity contribution in [3.05, 3.63) is 35.4 Å². The maximum atomic E-state index is 11.1. The fraction of sp³-hybridized carbons (Fsp3) is 0.562. The summed E-state index contributed by atoms with van der Waals surface area (Å²) in [4.78, 5) is 11.1. The van der Waals surface area contributed by atoms with E-state index in [1.54, 1.807) is 0 Å². The Hall–Kier alpha value is -1.31. The minimum Gasteiger partial charge on any atom is -0.366 e. The standard InChI is InChI=1S/C16H25NO/c1-11(2)12(3)10-16(4,5)14-8-6-13(7-9-14)15(17)18/h6-9,11-12H,10H2,1-5H3,(H2,17,18). The first-order chi connectivity index (χ1) is 8.24. The lowest BCUT2D eigenvalue weighted by Crippen LogP contribution is -2.23. The molecule has 18 heavy (non-hydrogen) atoms. The van der Waals surface area contributed by atoms with Gasteiger partial charge in [-0.2, -0.15) is 0 Å². The van der Waals surface area contributed by atoms with Gasteiger partial charge >= 0.3 is 0 Å². The quantitative estimate of drug-likeness (QED) is 0.846. The van der Waals surface area contributed by atoms with E-state index in [0.717, 1.165) is 6.42 Å². The molecule has 100 valence electrons. The van der Waals surface area contributed by atoms with Crippen LogP contribution in [0, 0.1) is 11.8 Å². The Morgan fingerprint density at radius 3 is 2.06 bits per heavy atom. The summed E-state index contributed by atoms with van der Waals surface area (Å²) < 4.78 is 0. The number of nitrogens with two attached hydrogens (primary N) is 1. The number of carbonyl (C=O) groups is 1. The minimum atomic E-state index is -0.366. The summed E-state index contributed by atoms with van der Waals surface area (Å²) in [7, 11) is 0. The van der Waals surface area contributed by atoms with Crippen LogP contribution in [0.5, 0.6) is 0 Å². The molecule has 1 rings (SSSR count). The van der Waals surface area contributed by atoms with Gasteiger partial charge in [-0.05, 0) is 41.4 Å². The molecule has 1 aromatic carbocycles. The Kier molecular flexibility index (Phi) is 4.55. The van der Waals surface area contributed by atoms with Gasteiger partial charge in [0.1, 0.15) is 0 Å². The van der Waals surface area contributed by atoms with E-state index in [9.17, 15) is 4.79 Å². The van der Waals surface area contributed by atoms with Crippen molar-refractivity contribution in [2.24, 2.45) is 17.6 Å². The van der Waals surface area contributed by atoms with Crippen LogP contribution in [0.15, 0.2) is 24.3 Å². The van der Waals surface area contributed by atoms with E-state index in [4.69, 9.17) is 5.73 Å². The van der Waals surface area contributed by atoms with Gasteiger partial charge in [0.25, 0.3) is 0 Å². The average Bonchev–Trinajstić information content (AvgIpc) is 2.28. The first-order valence-corrected chi connectivity index (χ1v) is 6.64. The normalized spacial score (nSPS) is 13.7. The molecule has 0 bridgehead atoms. The molecule has 1 unspecified atom stereocenters. The van der Waals surface area contributed by atoms with Crippen molar-refractivity contribution >= 4 is 5.91 Å². The van der Waals surface area contributed by atoms with Crippen molar-refractivity contribution in [2.45, 2.75) is 46.5 Å². The van der Waals surface area contributed by atoms with Gasteiger partial charge in [0, 0.05) is 5.56 Å². The second-order valence-corrected chi connectivity index (χ2v) is 6.25. The van der Waals surface area contributed by atoms with Gasteiger partial charge in [-0.25, -0.2) is 0 Å². The molecular weight excluding hydrogens is 222 g/mol. The van der Waals surface area contributed by atoms with Gasteiger partial charge in [-0.3, -0.25) is 4.79 Å². The molecule has 0 radical (unpaired) electrons. The van der Waals surface area contributed by atoms with E-state index in [-0.39, 0.29) is 11.3 Å². The Bertz CT molecular complexity index is 404. The van der Waals surface area contributed by atoms with Crippen molar-refractivity contribution < 1.29 is 4.79 Å². The third-order valence-corrected chi connectivity index (χ3v) is 3.92. The molecule has 2 N–H and O–H groups in total. The highest BCUT2D eigenvalue weighted by atomic mass is 16.1. The van der Waals surface area contributed by atoms with Crippen LogP contribution in [0.2, 0.25) is 0 Å². The highest BCUT2D eigenvalue weighted by Gasteiger charge is 2.24. The largest absolute Gasteiger partial charge is 0.366 e. The second kappa shape index (κ2) is 5.55. The van der Waals surface area contributed by atoms with Gasteiger partial charge in [-0.15, -0.1) is 0 Å². The molecule has 2 nitrogen and oxygen atoms in total. The van der Waals surface area contributed by atoms with Gasteiger partial charge in [0.05, 0.1) is 0 Å². The smallest absolute Gasteiger partial charge is 0.248 e. The average molecular weight is 247 g/mol. The van der Waals surface area contributed by atoms with Crippen LogP contribution in [0.1, 0.15) is 57.0 Å². The fourth-order valence-electron chi connectivity index (χ4n) is 2.24. The zero-order valence-corrected chi connectivity index (χ0v) is 12.2. The highest BCUT2D eigenvalue weighted by Crippen LogP contribution is 2.33. The SMILES string of the molecule is CC(C)C(C)CC(C)(C)c1ccc(C(N)=O)cc1. The van der Waals surface area contributed by atoms with E-state index in [2.05, 4.69) is 34.6 Å². The minimum absolute atomic E-state index is 0.125. The van der Waals surface area contributed by atoms with Gasteiger partial charge < -0.3 is 5.73 Å². The van der Waals surface area contributed by atoms with E-state index >= 15 is 0 Å². The molecule has 0 fully saturated rings. The Morgan fingerprint density at radius 2 is 1.67 bits per heavy atom. The van der Waals surface area contributed by atoms with Crippen molar-refractivity contribution in [1.82, 2.24) is 0 Å². The van der Waals surface area contributed by atoms with Crippen LogP contribution in [-0.4, -0.2) is 5.91 Å². The maximum absolute atomic E-state index is 11.1. The molecule has 0 heterocycles. The summed E-state index contributed by atoms with van der Waals surface area (Å²) in [5, 5.41) is 0. The van der Waals surface area contributed by atoms with Crippen LogP contribution in [-0.2, 0) is 5.41 Å². The van der Waals surface area contributed by atoms with Gasteiger partial charge in [0.2, 0.25) is 5.91 Å². The number of rotatable bonds is 5. The lowest BCUT2D eigenvalue weighted by atomic mass is 9.75. The Labute approximate surface area is 111 Å². The molecule has 0 saturated heterocycles. The van der Waals surface area contributed by atoms with Crippen LogP contribution in [0.25, 0.3) is 0 Å². The lowest BCUT2D eigenvalue weighted by molar-refractivity contribution is 0.1000. The number of carbonyl (C=O) groups excluding carboxylic acids is 1. The Morgan fingerprint density at radius 1 is 1.17 bits per heavy atom. The predicted octanol–water partition coefficient (Wildman–Crippen LogP) is 3.75. The Balaban J connectivity index is 2.87. The van der Waals surface area contributed by atoms with E-state index in [0.29, 0.717) is 17.4 Å². The third kappa shape index (κ3) is 3.59. The first kappa shape index (κ1) is 14.7. The summed E-state index contributed by atoms with van der Waals surface area (Å²) >= 11 is 0. The molecule has 0 aromatic heterocycles. The van der Waals surface area contributed by atoms with Crippen LogP contribution in [0.3, 0.4) is 0 Å². The molecule has 2 heteroatoms. The van der Waals surface area contributed by atoms with Crippen molar-refractivity contribution in [2.75, 3.05) is 0 Å². The maximum Gasteiger partial charge on any atom is 0.248 e. The zero-order chi connectivity index (χ0) is 13.9. The summed E-state index contributed by atoms with van der Waals surface area (Å²) in [6.07, 6.45) is 1.14. The molecule has 1 atom stereocenters. The van der Waals surface area contributed by atoms with E-state index < -0.39 is 0 Å². The van der Waals surface area contributed by atoms with Gasteiger partial charge in [0.15, 0.2) is 0 Å². The topological polar surface area (TPSA) is 43.1 Å². The molecular formula is C16H25NO. The van der Waals surface area contributed by atoms with E-state index in [1.165, 1.54) is 5.56 Å². The third-order valence-electron chi connectivity index (χ3n) is 3.92. The number of hydrogen-bond acceptors (Lipinski definition) is 1. The van der Waals surface area contributed by atoms with Crippen LogP contribution in [0.4, 0.5) is 0 Å². The fourth-order valence-corrected chi connectivity index (χ4v) is 2.24. The number of benzene rings is 1. The molecule has 0 aliphatic rings. The number of amides is 1. The molecule has 0 saturated carbocycles. The van der Waals surface area contributed by atoms with Crippen LogP contribution >= 0.6 is 0 Å². The summed E-state index contributed by atoms with van der Waals surface area (Å²) in [5.41, 5.74) is 7.22. The first-order valence-electron chi connectivity index (χ1n) is 6.64. The summed E-state index contributed by atoms with van der Waals surface area (Å²) in [5.74, 6) is 1.000. The van der Waals surface area contributed by atoms with E-state index in [1.807, 2.05) is 24.3 Å². The monoisotopic (exact) mass is 247 g/mol. The second-order valence-electron chi connectivity index (χ2n) is 6.25. The predicted molar refractivity (Wildman–Crippen MR) is 76.6 cm³/mol. The van der Waals surface area contributed by atoms with Crippen molar-refractivity contribution in [1.29, 1.82) is 0 Å². The summed E-state index contributed by atoms with van der Waals surface area (Å²) in [6, 6.07) is 7.68. The number of primary amides is 1. The molecule has 0 spiro atoms. The van der Waals surface area contributed by atoms with Crippen LogP contribution < -0.4 is 5.73 Å². The zero-order valence-electron chi connectivity index (χ0n) is 12.2. The lowest BCUT2D eigenvalue weighted by Gasteiger charge is -2.30. The highest BCUT2D eigenvalue weighted by molar-refractivity contribution is 5.92. The molecule has 0 aliphatic heterocycles. The van der Waals surface area contributed by atoms with Gasteiger partial charge in [-0.1, -0.05) is 46.8 Å². The molecule has 1 aromatic rings. The summed E-state index contributed by atoms with van der Waals surface area (Å²) in [6.45, 7) is 11.3. The molecule has 1 amide bonds. The molecule has 0 aliphatic carbocycles. The number of hydrogen-bond donors (Lipinski definition) is 1. The van der Waals surface area contributed by atoms with Crippen molar-refractivity contribution in [3.8, 4) is 0 Å².